The van der Waals surface area contributed by atoms with Gasteiger partial charge in [-0.3, -0.25) is 18.9 Å². The number of pyridine rings is 1. The van der Waals surface area contributed by atoms with E-state index >= 15 is 0 Å². The van der Waals surface area contributed by atoms with Gasteiger partial charge in [-0.05, 0) is 43.5 Å². The zero-order valence-corrected chi connectivity index (χ0v) is 19.2. The molecule has 32 heavy (non-hydrogen) atoms. The first-order valence-electron chi connectivity index (χ1n) is 10.6. The number of hydrogen-bond acceptors (Lipinski definition) is 6. The summed E-state index contributed by atoms with van der Waals surface area (Å²) in [6.07, 6.45) is 5.51. The Balaban J connectivity index is 1.59. The molecule has 2 aliphatic rings. The van der Waals surface area contributed by atoms with Gasteiger partial charge < -0.3 is 4.90 Å². The summed E-state index contributed by atoms with van der Waals surface area (Å²) in [5.74, 6) is 0.460. The zero-order valence-electron chi connectivity index (χ0n) is 17.6. The Labute approximate surface area is 195 Å². The summed E-state index contributed by atoms with van der Waals surface area (Å²) in [7, 11) is 0. The number of rotatable bonds is 4. The van der Waals surface area contributed by atoms with E-state index in [2.05, 4.69) is 4.90 Å². The fourth-order valence-corrected chi connectivity index (χ4v) is 5.61. The van der Waals surface area contributed by atoms with Crippen LogP contribution in [0.15, 0.2) is 64.4 Å². The number of aromatic nitrogens is 2. The Bertz CT molecular complexity index is 1300. The summed E-state index contributed by atoms with van der Waals surface area (Å²) in [5, 5.41) is 0. The molecule has 8 heteroatoms. The highest BCUT2D eigenvalue weighted by atomic mass is 32.2. The molecule has 6 nitrogen and oxygen atoms in total. The molecule has 2 aliphatic heterocycles. The van der Waals surface area contributed by atoms with Gasteiger partial charge in [-0.15, -0.1) is 0 Å². The topological polar surface area (TPSA) is 57.9 Å². The van der Waals surface area contributed by atoms with Crippen molar-refractivity contribution in [3.63, 3.8) is 0 Å². The largest absolute Gasteiger partial charge is 0.356 e. The molecule has 0 saturated carbocycles. The molecule has 2 saturated heterocycles. The van der Waals surface area contributed by atoms with Gasteiger partial charge in [0.1, 0.15) is 15.8 Å². The lowest BCUT2D eigenvalue weighted by Gasteiger charge is -2.23. The molecule has 0 radical (unpaired) electrons. The van der Waals surface area contributed by atoms with Crippen LogP contribution < -0.4 is 10.5 Å². The van der Waals surface area contributed by atoms with Crippen LogP contribution in [-0.2, 0) is 4.79 Å². The van der Waals surface area contributed by atoms with Crippen LogP contribution in [0.4, 0.5) is 5.82 Å². The quantitative estimate of drug-likeness (QED) is 0.427. The van der Waals surface area contributed by atoms with Gasteiger partial charge in [0.05, 0.1) is 16.5 Å². The van der Waals surface area contributed by atoms with E-state index in [0.29, 0.717) is 26.3 Å². The molecule has 0 spiro atoms. The minimum Gasteiger partial charge on any atom is -0.356 e. The Morgan fingerprint density at radius 3 is 2.53 bits per heavy atom. The summed E-state index contributed by atoms with van der Waals surface area (Å²) in [5.41, 5.74) is 1.86. The van der Waals surface area contributed by atoms with Gasteiger partial charge in [0.15, 0.2) is 0 Å². The first kappa shape index (κ1) is 20.9. The number of hydrogen-bond donors (Lipinski definition) is 0. The molecule has 0 aliphatic carbocycles. The molecule has 1 aromatic carbocycles. The third-order valence-electron chi connectivity index (χ3n) is 5.92. The second kappa shape index (κ2) is 8.52. The van der Waals surface area contributed by atoms with E-state index < -0.39 is 0 Å². The number of thioether (sulfide) groups is 1. The van der Waals surface area contributed by atoms with Gasteiger partial charge in [0.2, 0.25) is 0 Å². The van der Waals surface area contributed by atoms with E-state index in [1.54, 1.807) is 23.2 Å². The maximum Gasteiger partial charge on any atom is 0.267 e. The SMILES string of the molecule is CC(c1ccccc1)N1C(=O)/C(=C/c2c(N3CCCC3)nc3ccccn3c2=O)SC1=S. The van der Waals surface area contributed by atoms with Crippen molar-refractivity contribution in [2.75, 3.05) is 18.0 Å². The zero-order chi connectivity index (χ0) is 22.2. The van der Waals surface area contributed by atoms with E-state index in [1.165, 1.54) is 16.2 Å². The molecule has 4 heterocycles. The summed E-state index contributed by atoms with van der Waals surface area (Å²) in [6, 6.07) is 15.1. The number of nitrogens with zero attached hydrogens (tertiary/aromatic N) is 4. The fraction of sp³-hybridized carbons (Fsp3) is 0.250. The molecular weight excluding hydrogens is 440 g/mol. The number of amides is 1. The van der Waals surface area contributed by atoms with Crippen molar-refractivity contribution in [3.8, 4) is 0 Å². The highest BCUT2D eigenvalue weighted by molar-refractivity contribution is 8.26. The Kier molecular flexibility index (Phi) is 5.57. The van der Waals surface area contributed by atoms with Gasteiger partial charge in [-0.2, -0.15) is 0 Å². The number of carbonyl (C=O) groups excluding carboxylic acids is 1. The maximum absolute atomic E-state index is 13.4. The lowest BCUT2D eigenvalue weighted by atomic mass is 10.1. The van der Waals surface area contributed by atoms with E-state index in [4.69, 9.17) is 17.2 Å². The molecule has 5 rings (SSSR count). The molecule has 3 aromatic rings. The lowest BCUT2D eigenvalue weighted by Crippen LogP contribution is -2.31. The van der Waals surface area contributed by atoms with Gasteiger partial charge in [0, 0.05) is 19.3 Å². The minimum atomic E-state index is -0.191. The second-order valence-electron chi connectivity index (χ2n) is 7.92. The van der Waals surface area contributed by atoms with Crippen LogP contribution in [0.25, 0.3) is 11.7 Å². The monoisotopic (exact) mass is 462 g/mol. The van der Waals surface area contributed by atoms with Gasteiger partial charge in [0.25, 0.3) is 11.5 Å². The lowest BCUT2D eigenvalue weighted by molar-refractivity contribution is -0.123. The predicted molar refractivity (Wildman–Crippen MR) is 133 cm³/mol. The summed E-state index contributed by atoms with van der Waals surface area (Å²) in [4.78, 5) is 35.7. The molecular formula is C24H22N4O2S2. The molecule has 162 valence electrons. The molecule has 2 aromatic heterocycles. The van der Waals surface area contributed by atoms with Crippen molar-refractivity contribution in [2.45, 2.75) is 25.8 Å². The molecule has 1 amide bonds. The number of benzene rings is 1. The smallest absolute Gasteiger partial charge is 0.267 e. The van der Waals surface area contributed by atoms with Crippen molar-refractivity contribution >= 4 is 51.7 Å². The van der Waals surface area contributed by atoms with Crippen molar-refractivity contribution in [3.05, 3.63) is 81.1 Å². The van der Waals surface area contributed by atoms with Crippen LogP contribution in [0.1, 0.15) is 36.9 Å². The minimum absolute atomic E-state index is 0.179. The average Bonchev–Trinajstić information content (AvgIpc) is 3.44. The van der Waals surface area contributed by atoms with Gasteiger partial charge in [-0.25, -0.2) is 4.98 Å². The van der Waals surface area contributed by atoms with E-state index in [0.717, 1.165) is 31.5 Å². The Morgan fingerprint density at radius 2 is 1.78 bits per heavy atom. The average molecular weight is 463 g/mol. The van der Waals surface area contributed by atoms with Crippen LogP contribution in [0.2, 0.25) is 0 Å². The standard InChI is InChI=1S/C24H22N4O2S2/c1-16(17-9-3-2-4-10-17)28-23(30)19(32-24(28)31)15-18-21(26-12-7-8-13-26)25-20-11-5-6-14-27(20)22(18)29/h2-6,9-11,14-16H,7-8,12-13H2,1H3/b19-15-. The third-order valence-corrected chi connectivity index (χ3v) is 7.25. The first-order chi connectivity index (χ1) is 15.5. The van der Waals surface area contributed by atoms with E-state index in [1.807, 2.05) is 49.4 Å². The Morgan fingerprint density at radius 1 is 1.06 bits per heavy atom. The van der Waals surface area contributed by atoms with E-state index in [-0.39, 0.29) is 17.5 Å². The van der Waals surface area contributed by atoms with Crippen molar-refractivity contribution in [2.24, 2.45) is 0 Å². The van der Waals surface area contributed by atoms with Gasteiger partial charge in [-0.1, -0.05) is 60.4 Å². The summed E-state index contributed by atoms with van der Waals surface area (Å²) in [6.45, 7) is 3.66. The molecule has 2 fully saturated rings. The number of fused-ring (bicyclic) bond motifs is 1. The number of anilines is 1. The van der Waals surface area contributed by atoms with Crippen molar-refractivity contribution in [1.82, 2.24) is 14.3 Å². The summed E-state index contributed by atoms with van der Waals surface area (Å²) >= 11 is 6.79. The van der Waals surface area contributed by atoms with Crippen LogP contribution in [-0.4, -0.2) is 37.6 Å². The van der Waals surface area contributed by atoms with E-state index in [9.17, 15) is 9.59 Å². The number of carbonyl (C=O) groups is 1. The van der Waals surface area contributed by atoms with Crippen LogP contribution in [0.5, 0.6) is 0 Å². The van der Waals surface area contributed by atoms with Crippen LogP contribution in [0, 0.1) is 0 Å². The van der Waals surface area contributed by atoms with Crippen molar-refractivity contribution in [1.29, 1.82) is 0 Å². The van der Waals surface area contributed by atoms with Crippen molar-refractivity contribution < 1.29 is 4.79 Å². The highest BCUT2D eigenvalue weighted by Crippen LogP contribution is 2.38. The molecule has 1 unspecified atom stereocenters. The first-order valence-corrected chi connectivity index (χ1v) is 11.9. The van der Waals surface area contributed by atoms with Crippen LogP contribution in [0.3, 0.4) is 0 Å². The summed E-state index contributed by atoms with van der Waals surface area (Å²) < 4.78 is 2.02. The highest BCUT2D eigenvalue weighted by Gasteiger charge is 2.36. The molecule has 1 atom stereocenters. The Hall–Kier alpha value is -2.97. The maximum atomic E-state index is 13.4. The normalized spacial score (nSPS) is 18.8. The number of thiocarbonyl (C=S) groups is 1. The second-order valence-corrected chi connectivity index (χ2v) is 9.59. The van der Waals surface area contributed by atoms with Crippen LogP contribution >= 0.6 is 24.0 Å². The molecule has 0 bridgehead atoms. The van der Waals surface area contributed by atoms with Gasteiger partial charge >= 0.3 is 0 Å². The fourth-order valence-electron chi connectivity index (χ4n) is 4.21. The molecule has 0 N–H and O–H groups in total. The third kappa shape index (κ3) is 3.63. The predicted octanol–water partition coefficient (Wildman–Crippen LogP) is 4.26.